The third kappa shape index (κ3) is 3.25. The summed E-state index contributed by atoms with van der Waals surface area (Å²) in [6.07, 6.45) is 0. The van der Waals surface area contributed by atoms with E-state index in [1.807, 2.05) is 13.8 Å². The number of amides is 1. The molecule has 0 bridgehead atoms. The number of carbonyl (C=O) groups excluding carboxylic acids is 1. The average Bonchev–Trinajstić information content (AvgIpc) is 2.60. The Morgan fingerprint density at radius 1 is 1.60 bits per heavy atom. The summed E-state index contributed by atoms with van der Waals surface area (Å²) in [7, 11) is 0. The van der Waals surface area contributed by atoms with Crippen molar-refractivity contribution in [3.05, 3.63) is 23.1 Å². The molecule has 0 saturated carbocycles. The van der Waals surface area contributed by atoms with Gasteiger partial charge in [0.2, 0.25) is 0 Å². The molecule has 1 unspecified atom stereocenters. The topological polar surface area (TPSA) is 68.3 Å². The van der Waals surface area contributed by atoms with Gasteiger partial charge in [0.25, 0.3) is 5.91 Å². The van der Waals surface area contributed by atoms with Crippen molar-refractivity contribution in [2.24, 2.45) is 11.7 Å². The summed E-state index contributed by atoms with van der Waals surface area (Å²) in [5, 5.41) is 2.98. The second-order valence-electron chi connectivity index (χ2n) is 3.66. The molecule has 4 nitrogen and oxygen atoms in total. The first-order valence-corrected chi connectivity index (χ1v) is 5.18. The molecule has 0 aliphatic rings. The normalized spacial score (nSPS) is 12.9. The van der Waals surface area contributed by atoms with Gasteiger partial charge in [0.1, 0.15) is 0 Å². The molecule has 0 fully saturated rings. The lowest BCUT2D eigenvalue weighted by Gasteiger charge is -2.19. The molecule has 1 aromatic rings. The summed E-state index contributed by atoms with van der Waals surface area (Å²) in [4.78, 5) is 11.6. The number of nitrogens with one attached hydrogen (secondary N) is 1. The van der Waals surface area contributed by atoms with E-state index in [9.17, 15) is 4.79 Å². The van der Waals surface area contributed by atoms with Crippen molar-refractivity contribution in [3.63, 3.8) is 0 Å². The van der Waals surface area contributed by atoms with Crippen molar-refractivity contribution >= 4 is 17.5 Å². The molecule has 1 atom stereocenters. The van der Waals surface area contributed by atoms with E-state index in [1.54, 1.807) is 0 Å². The molecule has 15 heavy (non-hydrogen) atoms. The van der Waals surface area contributed by atoms with Gasteiger partial charge in [-0.1, -0.05) is 13.8 Å². The largest absolute Gasteiger partial charge is 0.440 e. The Morgan fingerprint density at radius 3 is 2.67 bits per heavy atom. The van der Waals surface area contributed by atoms with E-state index in [-0.39, 0.29) is 28.8 Å². The molecule has 1 rings (SSSR count). The van der Waals surface area contributed by atoms with Crippen molar-refractivity contribution < 1.29 is 9.21 Å². The molecular formula is C10H15ClN2O2. The van der Waals surface area contributed by atoms with E-state index < -0.39 is 0 Å². The number of nitrogens with two attached hydrogens (primary N) is 1. The Bertz CT molecular complexity index is 336. The van der Waals surface area contributed by atoms with Crippen LogP contribution in [0.25, 0.3) is 0 Å². The van der Waals surface area contributed by atoms with E-state index in [4.69, 9.17) is 21.8 Å². The van der Waals surface area contributed by atoms with Crippen LogP contribution in [0.2, 0.25) is 5.22 Å². The van der Waals surface area contributed by atoms with Gasteiger partial charge in [-0.05, 0) is 29.7 Å². The first-order chi connectivity index (χ1) is 7.04. The third-order valence-electron chi connectivity index (χ3n) is 2.17. The van der Waals surface area contributed by atoms with Crippen LogP contribution in [0.4, 0.5) is 0 Å². The minimum atomic E-state index is -0.286. The van der Waals surface area contributed by atoms with E-state index in [0.717, 1.165) is 0 Å². The minimum Gasteiger partial charge on any atom is -0.440 e. The Hall–Kier alpha value is -1.00. The molecule has 1 aromatic heterocycles. The van der Waals surface area contributed by atoms with Crippen molar-refractivity contribution in [2.45, 2.75) is 19.9 Å². The molecule has 0 saturated heterocycles. The Labute approximate surface area is 93.8 Å². The van der Waals surface area contributed by atoms with Crippen LogP contribution in [0.3, 0.4) is 0 Å². The first-order valence-electron chi connectivity index (χ1n) is 4.81. The smallest absolute Gasteiger partial charge is 0.287 e. The van der Waals surface area contributed by atoms with E-state index >= 15 is 0 Å². The molecule has 5 heteroatoms. The lowest BCUT2D eigenvalue weighted by molar-refractivity contribution is 0.0899. The second-order valence-corrected chi connectivity index (χ2v) is 4.04. The molecule has 3 N–H and O–H groups in total. The zero-order chi connectivity index (χ0) is 11.4. The highest BCUT2D eigenvalue weighted by atomic mass is 35.5. The Kier molecular flexibility index (Phi) is 4.17. The maximum absolute atomic E-state index is 11.6. The summed E-state index contributed by atoms with van der Waals surface area (Å²) in [5.74, 6) is 0.203. The predicted molar refractivity (Wildman–Crippen MR) is 58.9 cm³/mol. The quantitative estimate of drug-likeness (QED) is 0.827. The van der Waals surface area contributed by atoms with E-state index in [0.29, 0.717) is 6.54 Å². The number of furan rings is 1. The fourth-order valence-corrected chi connectivity index (χ4v) is 1.32. The van der Waals surface area contributed by atoms with Gasteiger partial charge in [-0.25, -0.2) is 0 Å². The predicted octanol–water partition coefficient (Wildman–Crippen LogP) is 1.65. The number of carbonyl (C=O) groups is 1. The van der Waals surface area contributed by atoms with Gasteiger partial charge in [-0.3, -0.25) is 4.79 Å². The minimum absolute atomic E-state index is 0.0543. The summed E-state index contributed by atoms with van der Waals surface area (Å²) in [5.41, 5.74) is 5.53. The van der Waals surface area contributed by atoms with Crippen molar-refractivity contribution in [2.75, 3.05) is 6.54 Å². The molecule has 0 radical (unpaired) electrons. The van der Waals surface area contributed by atoms with Gasteiger partial charge in [-0.15, -0.1) is 0 Å². The van der Waals surface area contributed by atoms with E-state index in [1.165, 1.54) is 12.1 Å². The van der Waals surface area contributed by atoms with Crippen molar-refractivity contribution in [1.29, 1.82) is 0 Å². The van der Waals surface area contributed by atoms with Gasteiger partial charge < -0.3 is 15.5 Å². The highest BCUT2D eigenvalue weighted by molar-refractivity contribution is 6.29. The van der Waals surface area contributed by atoms with Crippen molar-refractivity contribution in [3.8, 4) is 0 Å². The Morgan fingerprint density at radius 2 is 2.27 bits per heavy atom. The average molecular weight is 231 g/mol. The molecule has 1 heterocycles. The number of hydrogen-bond acceptors (Lipinski definition) is 3. The standard InChI is InChI=1S/C10H15ClN2O2/c1-6(2)7(5-12)13-10(14)8-3-4-9(11)15-8/h3-4,6-7H,5,12H2,1-2H3,(H,13,14). The lowest BCUT2D eigenvalue weighted by atomic mass is 10.0. The van der Waals surface area contributed by atoms with Crippen LogP contribution >= 0.6 is 11.6 Å². The van der Waals surface area contributed by atoms with Crippen LogP contribution in [0.1, 0.15) is 24.4 Å². The van der Waals surface area contributed by atoms with Gasteiger partial charge in [0, 0.05) is 12.6 Å². The number of rotatable bonds is 4. The lowest BCUT2D eigenvalue weighted by Crippen LogP contribution is -2.43. The summed E-state index contributed by atoms with van der Waals surface area (Å²) in [6, 6.07) is 3.01. The maximum Gasteiger partial charge on any atom is 0.287 e. The fraction of sp³-hybridized carbons (Fsp3) is 0.500. The maximum atomic E-state index is 11.6. The zero-order valence-corrected chi connectivity index (χ0v) is 9.54. The van der Waals surface area contributed by atoms with Crippen LogP contribution in [0, 0.1) is 5.92 Å². The third-order valence-corrected chi connectivity index (χ3v) is 2.38. The van der Waals surface area contributed by atoms with Crippen LogP contribution < -0.4 is 11.1 Å². The SMILES string of the molecule is CC(C)C(CN)NC(=O)c1ccc(Cl)o1. The fourth-order valence-electron chi connectivity index (χ4n) is 1.17. The van der Waals surface area contributed by atoms with Gasteiger partial charge in [0.15, 0.2) is 11.0 Å². The monoisotopic (exact) mass is 230 g/mol. The molecule has 0 aliphatic heterocycles. The Balaban J connectivity index is 2.62. The summed E-state index contributed by atoms with van der Waals surface area (Å²) in [6.45, 7) is 4.39. The molecule has 0 aromatic carbocycles. The van der Waals surface area contributed by atoms with Gasteiger partial charge in [0.05, 0.1) is 0 Å². The van der Waals surface area contributed by atoms with Gasteiger partial charge >= 0.3 is 0 Å². The van der Waals surface area contributed by atoms with Crippen LogP contribution in [-0.4, -0.2) is 18.5 Å². The van der Waals surface area contributed by atoms with Crippen LogP contribution in [0.15, 0.2) is 16.5 Å². The molecule has 1 amide bonds. The van der Waals surface area contributed by atoms with Crippen molar-refractivity contribution in [1.82, 2.24) is 5.32 Å². The van der Waals surface area contributed by atoms with Crippen LogP contribution in [0.5, 0.6) is 0 Å². The summed E-state index contributed by atoms with van der Waals surface area (Å²) < 4.78 is 4.98. The second kappa shape index (κ2) is 5.19. The van der Waals surface area contributed by atoms with Gasteiger partial charge in [-0.2, -0.15) is 0 Å². The highest BCUT2D eigenvalue weighted by Crippen LogP contribution is 2.13. The molecular weight excluding hydrogens is 216 g/mol. The van der Waals surface area contributed by atoms with E-state index in [2.05, 4.69) is 5.32 Å². The summed E-state index contributed by atoms with van der Waals surface area (Å²) >= 11 is 5.57. The highest BCUT2D eigenvalue weighted by Gasteiger charge is 2.17. The number of hydrogen-bond donors (Lipinski definition) is 2. The van der Waals surface area contributed by atoms with Crippen LogP contribution in [-0.2, 0) is 0 Å². The zero-order valence-electron chi connectivity index (χ0n) is 8.79. The molecule has 0 spiro atoms. The number of halogens is 1. The molecule has 84 valence electrons. The molecule has 0 aliphatic carbocycles. The first kappa shape index (κ1) is 12.1.